The van der Waals surface area contributed by atoms with Gasteiger partial charge in [-0.15, -0.1) is 0 Å². The summed E-state index contributed by atoms with van der Waals surface area (Å²) in [6.07, 6.45) is 7.27. The normalized spacial score (nSPS) is 14.2. The van der Waals surface area contributed by atoms with E-state index in [1.165, 1.54) is 22.0 Å². The molecular formula is C23H23N5O. The van der Waals surface area contributed by atoms with Crippen LogP contribution in [0.1, 0.15) is 29.3 Å². The molecule has 6 nitrogen and oxygen atoms in total. The summed E-state index contributed by atoms with van der Waals surface area (Å²) in [7, 11) is 0. The highest BCUT2D eigenvalue weighted by Crippen LogP contribution is 2.25. The van der Waals surface area contributed by atoms with Crippen molar-refractivity contribution in [2.24, 2.45) is 0 Å². The number of nitrogens with one attached hydrogen (secondary N) is 2. The van der Waals surface area contributed by atoms with Crippen LogP contribution < -0.4 is 5.56 Å². The van der Waals surface area contributed by atoms with Gasteiger partial charge in [0.25, 0.3) is 5.56 Å². The first-order chi connectivity index (χ1) is 14.2. The maximum Gasteiger partial charge on any atom is 0.254 e. The molecular weight excluding hydrogens is 362 g/mol. The van der Waals surface area contributed by atoms with Gasteiger partial charge in [-0.25, -0.2) is 4.98 Å². The van der Waals surface area contributed by atoms with Crippen molar-refractivity contribution < 1.29 is 0 Å². The van der Waals surface area contributed by atoms with Gasteiger partial charge in [-0.05, 0) is 36.1 Å². The number of nitrogens with zero attached hydrogens (tertiary/aromatic N) is 3. The molecule has 0 amide bonds. The molecule has 4 heterocycles. The number of pyridine rings is 1. The van der Waals surface area contributed by atoms with Crippen molar-refractivity contribution in [3.05, 3.63) is 81.7 Å². The van der Waals surface area contributed by atoms with Crippen LogP contribution in [0.5, 0.6) is 0 Å². The summed E-state index contributed by atoms with van der Waals surface area (Å²) in [4.78, 5) is 30.2. The first-order valence-corrected chi connectivity index (χ1v) is 10.1. The summed E-state index contributed by atoms with van der Waals surface area (Å²) < 4.78 is 0. The number of aromatic amines is 2. The number of hydrogen-bond donors (Lipinski definition) is 2. The Balaban J connectivity index is 1.44. The van der Waals surface area contributed by atoms with Gasteiger partial charge in [0.1, 0.15) is 5.82 Å². The molecule has 0 spiro atoms. The number of aromatic nitrogens is 4. The van der Waals surface area contributed by atoms with Gasteiger partial charge in [-0.1, -0.05) is 25.1 Å². The number of fused-ring (bicyclic) bond motifs is 2. The van der Waals surface area contributed by atoms with E-state index in [-0.39, 0.29) is 5.56 Å². The first kappa shape index (κ1) is 17.8. The zero-order chi connectivity index (χ0) is 19.8. The second-order valence-electron chi connectivity index (χ2n) is 7.54. The Bertz CT molecular complexity index is 1230. The highest BCUT2D eigenvalue weighted by Gasteiger charge is 2.22. The topological polar surface area (TPSA) is 77.7 Å². The third kappa shape index (κ3) is 3.25. The fraction of sp³-hybridized carbons (Fsp3) is 0.261. The van der Waals surface area contributed by atoms with Crippen LogP contribution in [0.15, 0.2) is 53.7 Å². The molecule has 0 radical (unpaired) electrons. The molecule has 1 aliphatic rings. The minimum Gasteiger partial charge on any atom is -0.361 e. The molecule has 5 rings (SSSR count). The maximum absolute atomic E-state index is 12.6. The quantitative estimate of drug-likeness (QED) is 0.564. The molecule has 4 aromatic rings. The van der Waals surface area contributed by atoms with Crippen molar-refractivity contribution in [2.75, 3.05) is 6.54 Å². The summed E-state index contributed by atoms with van der Waals surface area (Å²) in [5.74, 6) is 0.609. The van der Waals surface area contributed by atoms with Crippen molar-refractivity contribution in [2.45, 2.75) is 32.9 Å². The minimum absolute atomic E-state index is 0.0267. The lowest BCUT2D eigenvalue weighted by atomic mass is 10.0. The summed E-state index contributed by atoms with van der Waals surface area (Å²) in [6.45, 7) is 4.55. The van der Waals surface area contributed by atoms with E-state index in [9.17, 15) is 4.79 Å². The fourth-order valence-corrected chi connectivity index (χ4v) is 4.22. The van der Waals surface area contributed by atoms with Gasteiger partial charge in [0.2, 0.25) is 0 Å². The van der Waals surface area contributed by atoms with Crippen molar-refractivity contribution in [1.29, 1.82) is 0 Å². The average molecular weight is 385 g/mol. The van der Waals surface area contributed by atoms with Crippen LogP contribution in [-0.4, -0.2) is 31.4 Å². The van der Waals surface area contributed by atoms with E-state index < -0.39 is 0 Å². The van der Waals surface area contributed by atoms with Gasteiger partial charge in [-0.2, -0.15) is 0 Å². The second-order valence-corrected chi connectivity index (χ2v) is 7.54. The highest BCUT2D eigenvalue weighted by molar-refractivity contribution is 5.86. The molecule has 0 saturated carbocycles. The Morgan fingerprint density at radius 3 is 2.83 bits per heavy atom. The van der Waals surface area contributed by atoms with E-state index in [4.69, 9.17) is 4.98 Å². The minimum atomic E-state index is -0.0267. The SMILES string of the molecule is CCc1cccc2c(CN3CCc4c(nc(-c5ccncc5)[nH]c4=O)C3)c[nH]c12. The predicted octanol–water partition coefficient (Wildman–Crippen LogP) is 3.43. The third-order valence-corrected chi connectivity index (χ3v) is 5.77. The van der Waals surface area contributed by atoms with Crippen LogP contribution in [0.4, 0.5) is 0 Å². The Kier molecular flexibility index (Phi) is 4.48. The van der Waals surface area contributed by atoms with Gasteiger partial charge in [-0.3, -0.25) is 14.7 Å². The van der Waals surface area contributed by atoms with Crippen LogP contribution in [0.25, 0.3) is 22.3 Å². The maximum atomic E-state index is 12.6. The largest absolute Gasteiger partial charge is 0.361 e. The fourth-order valence-electron chi connectivity index (χ4n) is 4.22. The van der Waals surface area contributed by atoms with Crippen molar-refractivity contribution >= 4 is 10.9 Å². The number of rotatable bonds is 4. The molecule has 1 aromatic carbocycles. The van der Waals surface area contributed by atoms with E-state index in [0.717, 1.165) is 42.8 Å². The Hall–Kier alpha value is -3.25. The molecule has 0 aliphatic carbocycles. The number of H-pyrrole nitrogens is 2. The van der Waals surface area contributed by atoms with E-state index >= 15 is 0 Å². The monoisotopic (exact) mass is 385 g/mol. The second kappa shape index (κ2) is 7.29. The zero-order valence-corrected chi connectivity index (χ0v) is 16.4. The molecule has 146 valence electrons. The highest BCUT2D eigenvalue weighted by atomic mass is 16.1. The molecule has 0 fully saturated rings. The molecule has 3 aromatic heterocycles. The average Bonchev–Trinajstić information content (AvgIpc) is 3.17. The molecule has 6 heteroatoms. The standard InChI is InChI=1S/C23H23N5O/c1-2-15-4-3-5-18-17(12-25-21(15)18)13-28-11-8-19-20(14-28)26-22(27-23(19)29)16-6-9-24-10-7-16/h3-7,9-10,12,25H,2,8,11,13-14H2,1H3,(H,26,27,29). The van der Waals surface area contributed by atoms with Crippen LogP contribution >= 0.6 is 0 Å². The van der Waals surface area contributed by atoms with E-state index in [2.05, 4.69) is 51.2 Å². The van der Waals surface area contributed by atoms with Gasteiger partial charge >= 0.3 is 0 Å². The number of benzene rings is 1. The first-order valence-electron chi connectivity index (χ1n) is 10.1. The molecule has 0 saturated heterocycles. The van der Waals surface area contributed by atoms with Crippen LogP contribution in [0.3, 0.4) is 0 Å². The van der Waals surface area contributed by atoms with Crippen LogP contribution in [-0.2, 0) is 25.9 Å². The van der Waals surface area contributed by atoms with Crippen LogP contribution in [0.2, 0.25) is 0 Å². The molecule has 0 atom stereocenters. The van der Waals surface area contributed by atoms with Crippen molar-refractivity contribution in [3.8, 4) is 11.4 Å². The molecule has 0 unspecified atom stereocenters. The zero-order valence-electron chi connectivity index (χ0n) is 16.4. The Labute approximate surface area is 168 Å². The molecule has 29 heavy (non-hydrogen) atoms. The predicted molar refractivity (Wildman–Crippen MR) is 114 cm³/mol. The van der Waals surface area contributed by atoms with Crippen LogP contribution in [0, 0.1) is 0 Å². The smallest absolute Gasteiger partial charge is 0.254 e. The Morgan fingerprint density at radius 2 is 2.00 bits per heavy atom. The molecule has 1 aliphatic heterocycles. The summed E-state index contributed by atoms with van der Waals surface area (Å²) in [6, 6.07) is 10.2. The van der Waals surface area contributed by atoms with E-state index in [1.54, 1.807) is 12.4 Å². The van der Waals surface area contributed by atoms with E-state index in [1.807, 2.05) is 12.1 Å². The molecule has 0 bridgehead atoms. The number of para-hydroxylation sites is 1. The lowest BCUT2D eigenvalue weighted by molar-refractivity contribution is 0.241. The van der Waals surface area contributed by atoms with Crippen molar-refractivity contribution in [3.63, 3.8) is 0 Å². The number of hydrogen-bond acceptors (Lipinski definition) is 4. The lowest BCUT2D eigenvalue weighted by Crippen LogP contribution is -2.35. The Morgan fingerprint density at radius 1 is 1.14 bits per heavy atom. The summed E-state index contributed by atoms with van der Waals surface area (Å²) >= 11 is 0. The van der Waals surface area contributed by atoms with Gasteiger partial charge in [0, 0.05) is 60.3 Å². The molecule has 2 N–H and O–H groups in total. The third-order valence-electron chi connectivity index (χ3n) is 5.77. The summed E-state index contributed by atoms with van der Waals surface area (Å²) in [5.41, 5.74) is 6.40. The lowest BCUT2D eigenvalue weighted by Gasteiger charge is -2.27. The van der Waals surface area contributed by atoms with Gasteiger partial charge in [0.15, 0.2) is 0 Å². The number of aryl methyl sites for hydroxylation is 1. The van der Waals surface area contributed by atoms with Gasteiger partial charge in [0.05, 0.1) is 5.69 Å². The van der Waals surface area contributed by atoms with E-state index in [0.29, 0.717) is 12.4 Å². The van der Waals surface area contributed by atoms with Crippen molar-refractivity contribution in [1.82, 2.24) is 24.8 Å². The van der Waals surface area contributed by atoms with Gasteiger partial charge < -0.3 is 9.97 Å². The summed E-state index contributed by atoms with van der Waals surface area (Å²) in [5, 5.41) is 1.28.